The molecule has 0 saturated carbocycles. The van der Waals surface area contributed by atoms with E-state index in [1.807, 2.05) is 0 Å². The SMILES string of the molecule is [Ga+3].[Ga+3].[Ir+4].[Ir+4].[O-2].[O-2].[O-2].[O-2].[O-2].[O-2].[O-2]. The normalized spacial score (nSPS) is 0. The van der Waals surface area contributed by atoms with Crippen molar-refractivity contribution in [1.29, 1.82) is 0 Å². The molecule has 66 valence electrons. The van der Waals surface area contributed by atoms with Crippen molar-refractivity contribution < 1.29 is 78.5 Å². The Hall–Kier alpha value is 2.29. The van der Waals surface area contributed by atoms with Gasteiger partial charge in [-0.15, -0.1) is 0 Å². The summed E-state index contributed by atoms with van der Waals surface area (Å²) >= 11 is 0. The van der Waals surface area contributed by atoms with Crippen LogP contribution in [0.4, 0.5) is 0 Å². The molecule has 0 unspecified atom stereocenters. The van der Waals surface area contributed by atoms with Crippen LogP contribution in [0, 0.1) is 0 Å². The minimum Gasteiger partial charge on any atom is -2.00 e. The van der Waals surface area contributed by atoms with Crippen LogP contribution in [-0.2, 0) is 78.5 Å². The summed E-state index contributed by atoms with van der Waals surface area (Å²) in [7, 11) is 0. The van der Waals surface area contributed by atoms with Gasteiger partial charge in [0.15, 0.2) is 0 Å². The molecule has 7 nitrogen and oxygen atoms in total. The molecule has 0 saturated heterocycles. The molecule has 2 radical (unpaired) electrons. The van der Waals surface area contributed by atoms with Crippen molar-refractivity contribution in [1.82, 2.24) is 0 Å². The van der Waals surface area contributed by atoms with Crippen LogP contribution in [0.15, 0.2) is 0 Å². The van der Waals surface area contributed by atoms with E-state index < -0.39 is 0 Å². The van der Waals surface area contributed by atoms with Crippen LogP contribution in [0.25, 0.3) is 0 Å². The molecular formula is Ga2Ir2O7. The predicted molar refractivity (Wildman–Crippen MR) is 16.3 cm³/mol. The van der Waals surface area contributed by atoms with E-state index in [-0.39, 0.29) is 118 Å². The molecule has 0 aromatic heterocycles. The third-order valence-corrected chi connectivity index (χ3v) is 0. The quantitative estimate of drug-likeness (QED) is 0.277. The molecule has 11 heteroatoms. The standard InChI is InChI=1S/2Ga.2Ir.7O/q2*+3;2*+4;7*-2. The zero-order valence-electron chi connectivity index (χ0n) is 4.68. The molecule has 0 atom stereocenters. The minimum absolute atomic E-state index is 0. The van der Waals surface area contributed by atoms with Crippen LogP contribution in [-0.4, -0.2) is 39.6 Å². The molecule has 0 aliphatic heterocycles. The molecule has 0 amide bonds. The molecule has 0 aliphatic rings. The molecular weight excluding hydrogens is 636 g/mol. The predicted octanol–water partition coefficient (Wildman–Crippen LogP) is -1.60. The van der Waals surface area contributed by atoms with Gasteiger partial charge in [0.25, 0.3) is 0 Å². The largest absolute Gasteiger partial charge is 4.00 e. The Morgan fingerprint density at radius 3 is 0.273 bits per heavy atom. The van der Waals surface area contributed by atoms with E-state index >= 15 is 0 Å². The Morgan fingerprint density at radius 1 is 0.273 bits per heavy atom. The molecule has 0 fully saturated rings. The summed E-state index contributed by atoms with van der Waals surface area (Å²) in [4.78, 5) is 0. The zero-order valence-corrected chi connectivity index (χ0v) is 14.3. The summed E-state index contributed by atoms with van der Waals surface area (Å²) in [6, 6.07) is 0. The van der Waals surface area contributed by atoms with Crippen molar-refractivity contribution in [2.45, 2.75) is 0 Å². The molecule has 0 aromatic rings. The topological polar surface area (TPSA) is 200 Å². The molecule has 0 rings (SSSR count). The van der Waals surface area contributed by atoms with Crippen LogP contribution in [0.5, 0.6) is 0 Å². The van der Waals surface area contributed by atoms with E-state index in [4.69, 9.17) is 0 Å². The molecule has 0 aliphatic carbocycles. The summed E-state index contributed by atoms with van der Waals surface area (Å²) in [6.07, 6.45) is 0. The van der Waals surface area contributed by atoms with Crippen molar-refractivity contribution in [2.75, 3.05) is 0 Å². The molecule has 0 N–H and O–H groups in total. The van der Waals surface area contributed by atoms with Gasteiger partial charge >= 0.3 is 79.8 Å². The summed E-state index contributed by atoms with van der Waals surface area (Å²) in [6.45, 7) is 0. The second-order valence-corrected chi connectivity index (χ2v) is 0. The molecule has 11 heavy (non-hydrogen) atoms. The van der Waals surface area contributed by atoms with Crippen molar-refractivity contribution in [2.24, 2.45) is 0 Å². The summed E-state index contributed by atoms with van der Waals surface area (Å²) in [5, 5.41) is 0. The average Bonchev–Trinajstić information content (AvgIpc) is 0. The van der Waals surface area contributed by atoms with E-state index in [0.29, 0.717) is 0 Å². The second kappa shape index (κ2) is 298. The second-order valence-electron chi connectivity index (χ2n) is 0. The van der Waals surface area contributed by atoms with Gasteiger partial charge in [0, 0.05) is 0 Å². The van der Waals surface area contributed by atoms with Gasteiger partial charge in [-0.05, 0) is 0 Å². The van der Waals surface area contributed by atoms with Gasteiger partial charge in [0.05, 0.1) is 0 Å². The van der Waals surface area contributed by atoms with Gasteiger partial charge in [-0.3, -0.25) is 0 Å². The molecule has 0 spiro atoms. The van der Waals surface area contributed by atoms with Crippen molar-refractivity contribution in [3.05, 3.63) is 0 Å². The van der Waals surface area contributed by atoms with Gasteiger partial charge in [-0.25, -0.2) is 0 Å². The Kier molecular flexibility index (Phi) is 10400. The van der Waals surface area contributed by atoms with Crippen LogP contribution in [0.2, 0.25) is 0 Å². The fraction of sp³-hybridized carbons (Fsp3) is 0. The third kappa shape index (κ3) is 248. The van der Waals surface area contributed by atoms with Gasteiger partial charge in [0.2, 0.25) is 0 Å². The van der Waals surface area contributed by atoms with Crippen molar-refractivity contribution in [3.63, 3.8) is 0 Å². The number of hydrogen-bond donors (Lipinski definition) is 0. The van der Waals surface area contributed by atoms with Gasteiger partial charge in [-0.2, -0.15) is 0 Å². The molecule has 0 aromatic carbocycles. The first-order chi connectivity index (χ1) is 0. The van der Waals surface area contributed by atoms with Crippen LogP contribution >= 0.6 is 0 Å². The van der Waals surface area contributed by atoms with Crippen LogP contribution < -0.4 is 0 Å². The monoisotopic (exact) mass is 636 g/mol. The van der Waals surface area contributed by atoms with Gasteiger partial charge in [-0.1, -0.05) is 0 Å². The molecule has 0 bridgehead atoms. The van der Waals surface area contributed by atoms with Gasteiger partial charge in [0.1, 0.15) is 0 Å². The van der Waals surface area contributed by atoms with E-state index in [1.54, 1.807) is 0 Å². The van der Waals surface area contributed by atoms with E-state index in [1.165, 1.54) is 0 Å². The Labute approximate surface area is 117 Å². The number of hydrogen-bond acceptors (Lipinski definition) is 0. The summed E-state index contributed by atoms with van der Waals surface area (Å²) < 4.78 is 0. The Balaban J connectivity index is 0. The average molecular weight is 636 g/mol. The number of rotatable bonds is 0. The van der Waals surface area contributed by atoms with Crippen molar-refractivity contribution in [3.8, 4) is 0 Å². The Morgan fingerprint density at radius 2 is 0.273 bits per heavy atom. The smallest absolute Gasteiger partial charge is 2.00 e. The fourth-order valence-corrected chi connectivity index (χ4v) is 0. The van der Waals surface area contributed by atoms with Gasteiger partial charge < -0.3 is 38.3 Å². The third-order valence-electron chi connectivity index (χ3n) is 0. The first-order valence-corrected chi connectivity index (χ1v) is 0. The zero-order chi connectivity index (χ0) is 0. The van der Waals surface area contributed by atoms with Crippen molar-refractivity contribution >= 4 is 39.6 Å². The van der Waals surface area contributed by atoms with Crippen LogP contribution in [0.3, 0.4) is 0 Å². The fourth-order valence-electron chi connectivity index (χ4n) is 0. The van der Waals surface area contributed by atoms with Crippen LogP contribution in [0.1, 0.15) is 0 Å². The Bertz CT molecular complexity index is 14.4. The molecule has 0 heterocycles. The van der Waals surface area contributed by atoms with E-state index in [9.17, 15) is 0 Å². The maximum Gasteiger partial charge on any atom is 4.00 e. The summed E-state index contributed by atoms with van der Waals surface area (Å²) in [5.41, 5.74) is 0. The summed E-state index contributed by atoms with van der Waals surface area (Å²) in [5.74, 6) is 0. The first kappa shape index (κ1) is 382. The van der Waals surface area contributed by atoms with E-state index in [0.717, 1.165) is 0 Å². The first-order valence-electron chi connectivity index (χ1n) is 0. The maximum absolute atomic E-state index is 0. The minimum atomic E-state index is 0. The van der Waals surface area contributed by atoms with E-state index in [2.05, 4.69) is 0 Å². The maximum atomic E-state index is 0.